The van der Waals surface area contributed by atoms with Crippen LogP contribution in [0.4, 0.5) is 4.39 Å². The third-order valence-corrected chi connectivity index (χ3v) is 3.57. The first kappa shape index (κ1) is 14.3. The van der Waals surface area contributed by atoms with Crippen LogP contribution in [0.1, 0.15) is 26.2 Å². The summed E-state index contributed by atoms with van der Waals surface area (Å²) in [7, 11) is 0. The maximum absolute atomic E-state index is 12.7. The van der Waals surface area contributed by atoms with E-state index in [1.165, 1.54) is 18.6 Å². The second-order valence-corrected chi connectivity index (χ2v) is 5.22. The molecular weight excluding hydrogens is 245 g/mol. The molecule has 0 spiro atoms. The fourth-order valence-corrected chi connectivity index (χ4v) is 2.66. The van der Waals surface area contributed by atoms with Gasteiger partial charge in [-0.05, 0) is 57.0 Å². The van der Waals surface area contributed by atoms with Gasteiger partial charge < -0.3 is 9.84 Å². The highest BCUT2D eigenvalue weighted by molar-refractivity contribution is 5.21. The number of benzene rings is 1. The molecule has 2 unspecified atom stereocenters. The SMILES string of the molecule is CC(O)CC1CCCN1CCOc1ccc(F)cc1. The van der Waals surface area contributed by atoms with Crippen molar-refractivity contribution in [2.75, 3.05) is 19.7 Å². The van der Waals surface area contributed by atoms with Crippen molar-refractivity contribution in [2.24, 2.45) is 0 Å². The molecule has 1 aliphatic heterocycles. The van der Waals surface area contributed by atoms with E-state index in [9.17, 15) is 9.50 Å². The van der Waals surface area contributed by atoms with Crippen molar-refractivity contribution in [1.82, 2.24) is 4.90 Å². The Morgan fingerprint density at radius 2 is 2.16 bits per heavy atom. The maximum Gasteiger partial charge on any atom is 0.123 e. The van der Waals surface area contributed by atoms with E-state index in [1.54, 1.807) is 12.1 Å². The average Bonchev–Trinajstić information content (AvgIpc) is 2.78. The van der Waals surface area contributed by atoms with Crippen LogP contribution in [-0.4, -0.2) is 41.8 Å². The van der Waals surface area contributed by atoms with Gasteiger partial charge in [-0.25, -0.2) is 4.39 Å². The molecule has 19 heavy (non-hydrogen) atoms. The monoisotopic (exact) mass is 267 g/mol. The third kappa shape index (κ3) is 4.48. The van der Waals surface area contributed by atoms with Crippen LogP contribution in [0.3, 0.4) is 0 Å². The summed E-state index contributed by atoms with van der Waals surface area (Å²) in [6.07, 6.45) is 2.93. The topological polar surface area (TPSA) is 32.7 Å². The first-order valence-corrected chi connectivity index (χ1v) is 6.95. The number of aliphatic hydroxyl groups excluding tert-OH is 1. The summed E-state index contributed by atoms with van der Waals surface area (Å²) in [5.41, 5.74) is 0. The van der Waals surface area contributed by atoms with Crippen LogP contribution in [0.2, 0.25) is 0 Å². The van der Waals surface area contributed by atoms with Gasteiger partial charge in [0, 0.05) is 12.6 Å². The molecule has 1 aromatic rings. The summed E-state index contributed by atoms with van der Waals surface area (Å²) in [5, 5.41) is 9.47. The molecule has 106 valence electrons. The van der Waals surface area contributed by atoms with Crippen LogP contribution >= 0.6 is 0 Å². The number of hydrogen-bond donors (Lipinski definition) is 1. The zero-order valence-corrected chi connectivity index (χ0v) is 11.4. The molecule has 2 rings (SSSR count). The molecule has 1 aliphatic rings. The Bertz CT molecular complexity index is 380. The predicted molar refractivity (Wildman–Crippen MR) is 72.8 cm³/mol. The number of hydrogen-bond acceptors (Lipinski definition) is 3. The van der Waals surface area contributed by atoms with Crippen LogP contribution in [0, 0.1) is 5.82 Å². The molecule has 0 bridgehead atoms. The van der Waals surface area contributed by atoms with Crippen LogP contribution in [-0.2, 0) is 0 Å². The molecule has 0 amide bonds. The van der Waals surface area contributed by atoms with Gasteiger partial charge in [0.05, 0.1) is 6.10 Å². The van der Waals surface area contributed by atoms with E-state index in [2.05, 4.69) is 4.90 Å². The lowest BCUT2D eigenvalue weighted by Crippen LogP contribution is -2.35. The number of halogens is 1. The quantitative estimate of drug-likeness (QED) is 0.859. The van der Waals surface area contributed by atoms with Crippen molar-refractivity contribution in [2.45, 2.75) is 38.3 Å². The van der Waals surface area contributed by atoms with Gasteiger partial charge in [-0.1, -0.05) is 0 Å². The van der Waals surface area contributed by atoms with E-state index in [0.717, 1.165) is 25.9 Å². The number of aliphatic hydroxyl groups is 1. The van der Waals surface area contributed by atoms with Crippen LogP contribution in [0.5, 0.6) is 5.75 Å². The lowest BCUT2D eigenvalue weighted by Gasteiger charge is -2.25. The number of rotatable bonds is 6. The first-order chi connectivity index (χ1) is 9.15. The van der Waals surface area contributed by atoms with Crippen molar-refractivity contribution >= 4 is 0 Å². The lowest BCUT2D eigenvalue weighted by molar-refractivity contribution is 0.124. The zero-order chi connectivity index (χ0) is 13.7. The molecule has 2 atom stereocenters. The smallest absolute Gasteiger partial charge is 0.123 e. The summed E-state index contributed by atoms with van der Waals surface area (Å²) in [4.78, 5) is 2.37. The third-order valence-electron chi connectivity index (χ3n) is 3.57. The van der Waals surface area contributed by atoms with Gasteiger partial charge in [0.15, 0.2) is 0 Å². The average molecular weight is 267 g/mol. The molecule has 1 heterocycles. The second-order valence-electron chi connectivity index (χ2n) is 5.22. The van der Waals surface area contributed by atoms with Crippen LogP contribution in [0.25, 0.3) is 0 Å². The van der Waals surface area contributed by atoms with Gasteiger partial charge in [-0.2, -0.15) is 0 Å². The molecule has 0 aliphatic carbocycles. The highest BCUT2D eigenvalue weighted by Crippen LogP contribution is 2.21. The van der Waals surface area contributed by atoms with E-state index >= 15 is 0 Å². The Hall–Kier alpha value is -1.13. The van der Waals surface area contributed by atoms with Gasteiger partial charge >= 0.3 is 0 Å². The van der Waals surface area contributed by atoms with E-state index in [0.29, 0.717) is 18.4 Å². The minimum atomic E-state index is -0.247. The molecule has 1 saturated heterocycles. The Morgan fingerprint density at radius 1 is 1.42 bits per heavy atom. The number of likely N-dealkylation sites (tertiary alicyclic amines) is 1. The molecule has 0 saturated carbocycles. The van der Waals surface area contributed by atoms with Crippen LogP contribution < -0.4 is 4.74 Å². The zero-order valence-electron chi connectivity index (χ0n) is 11.4. The van der Waals surface area contributed by atoms with Crippen molar-refractivity contribution < 1.29 is 14.2 Å². The minimum absolute atomic E-state index is 0.246. The normalized spacial score (nSPS) is 21.5. The Balaban J connectivity index is 1.74. The van der Waals surface area contributed by atoms with Crippen molar-refractivity contribution in [3.05, 3.63) is 30.1 Å². The highest BCUT2D eigenvalue weighted by Gasteiger charge is 2.25. The van der Waals surface area contributed by atoms with E-state index < -0.39 is 0 Å². The molecule has 3 nitrogen and oxygen atoms in total. The summed E-state index contributed by atoms with van der Waals surface area (Å²) in [6.45, 7) is 4.37. The van der Waals surface area contributed by atoms with Gasteiger partial charge in [-0.15, -0.1) is 0 Å². The van der Waals surface area contributed by atoms with Crippen molar-refractivity contribution in [3.63, 3.8) is 0 Å². The summed E-state index contributed by atoms with van der Waals surface area (Å²) in [6, 6.07) is 6.57. The molecular formula is C15H22FNO2. The molecule has 0 aromatic heterocycles. The van der Waals surface area contributed by atoms with E-state index in [-0.39, 0.29) is 11.9 Å². The Kier molecular flexibility index (Phi) is 5.16. The van der Waals surface area contributed by atoms with Crippen molar-refractivity contribution in [1.29, 1.82) is 0 Å². The van der Waals surface area contributed by atoms with Gasteiger partial charge in [0.2, 0.25) is 0 Å². The fourth-order valence-electron chi connectivity index (χ4n) is 2.66. The molecule has 1 N–H and O–H groups in total. The molecule has 1 aromatic carbocycles. The molecule has 1 fully saturated rings. The number of nitrogens with zero attached hydrogens (tertiary/aromatic N) is 1. The Labute approximate surface area is 114 Å². The largest absolute Gasteiger partial charge is 0.492 e. The predicted octanol–water partition coefficient (Wildman–Crippen LogP) is 2.44. The Morgan fingerprint density at radius 3 is 2.84 bits per heavy atom. The van der Waals surface area contributed by atoms with Gasteiger partial charge in [-0.3, -0.25) is 4.90 Å². The summed E-state index contributed by atoms with van der Waals surface area (Å²) < 4.78 is 18.3. The molecule has 0 radical (unpaired) electrons. The summed E-state index contributed by atoms with van der Waals surface area (Å²) in [5.74, 6) is 0.455. The number of ether oxygens (including phenoxy) is 1. The van der Waals surface area contributed by atoms with Crippen molar-refractivity contribution in [3.8, 4) is 5.75 Å². The molecule has 4 heteroatoms. The second kappa shape index (κ2) is 6.87. The van der Waals surface area contributed by atoms with E-state index in [1.807, 2.05) is 6.92 Å². The standard InChI is InChI=1S/C15H22FNO2/c1-12(18)11-14-3-2-8-17(14)9-10-19-15-6-4-13(16)5-7-15/h4-7,12,14,18H,2-3,8-11H2,1H3. The lowest BCUT2D eigenvalue weighted by atomic mass is 10.1. The summed E-state index contributed by atoms with van der Waals surface area (Å²) >= 11 is 0. The first-order valence-electron chi connectivity index (χ1n) is 6.95. The van der Waals surface area contributed by atoms with E-state index in [4.69, 9.17) is 4.74 Å². The maximum atomic E-state index is 12.7. The van der Waals surface area contributed by atoms with Gasteiger partial charge in [0.25, 0.3) is 0 Å². The van der Waals surface area contributed by atoms with Crippen LogP contribution in [0.15, 0.2) is 24.3 Å². The fraction of sp³-hybridized carbons (Fsp3) is 0.600. The highest BCUT2D eigenvalue weighted by atomic mass is 19.1. The van der Waals surface area contributed by atoms with Gasteiger partial charge in [0.1, 0.15) is 18.2 Å². The minimum Gasteiger partial charge on any atom is -0.492 e.